The van der Waals surface area contributed by atoms with Crippen LogP contribution in [0.1, 0.15) is 37.1 Å². The Morgan fingerprint density at radius 1 is 1.16 bits per heavy atom. The predicted molar refractivity (Wildman–Crippen MR) is 117 cm³/mol. The number of hydrogen-bond donors (Lipinski definition) is 1. The van der Waals surface area contributed by atoms with Gasteiger partial charge in [0, 0.05) is 17.0 Å². The Labute approximate surface area is 184 Å². The van der Waals surface area contributed by atoms with Crippen LogP contribution in [0.15, 0.2) is 24.3 Å². The lowest BCUT2D eigenvalue weighted by molar-refractivity contribution is 0.0903. The third kappa shape index (κ3) is 3.50. The Bertz CT molecular complexity index is 1160. The highest BCUT2D eigenvalue weighted by molar-refractivity contribution is 5.94. The van der Waals surface area contributed by atoms with Gasteiger partial charge in [0.25, 0.3) is 0 Å². The van der Waals surface area contributed by atoms with E-state index in [4.69, 9.17) is 14.5 Å². The summed E-state index contributed by atoms with van der Waals surface area (Å²) in [6.45, 7) is 4.99. The topological polar surface area (TPSA) is 72.4 Å². The molecule has 2 bridgehead atoms. The SMILES string of the molecule is COc1nc2c(C)nnc(N[C@H](C)c3ccc(F)cc3F)c2cc1N1C2CCC1COC2. The Morgan fingerprint density at radius 2 is 1.91 bits per heavy atom. The molecule has 2 fully saturated rings. The Morgan fingerprint density at radius 3 is 2.59 bits per heavy atom. The average Bonchev–Trinajstić information content (AvgIpc) is 3.02. The number of hydrogen-bond acceptors (Lipinski definition) is 7. The summed E-state index contributed by atoms with van der Waals surface area (Å²) in [6, 6.07) is 5.68. The number of nitrogens with one attached hydrogen (secondary N) is 1. The zero-order valence-electron chi connectivity index (χ0n) is 18.2. The second-order valence-corrected chi connectivity index (χ2v) is 8.41. The molecule has 2 aliphatic heterocycles. The van der Waals surface area contributed by atoms with Crippen LogP contribution < -0.4 is 15.0 Å². The van der Waals surface area contributed by atoms with Crippen molar-refractivity contribution in [2.45, 2.75) is 44.8 Å². The fourth-order valence-electron chi connectivity index (χ4n) is 4.77. The van der Waals surface area contributed by atoms with Gasteiger partial charge in [-0.3, -0.25) is 0 Å². The summed E-state index contributed by atoms with van der Waals surface area (Å²) in [5, 5.41) is 12.6. The van der Waals surface area contributed by atoms with Gasteiger partial charge in [-0.15, -0.1) is 5.10 Å². The molecule has 168 valence electrons. The number of aromatic nitrogens is 3. The second kappa shape index (κ2) is 8.12. The molecule has 3 atom stereocenters. The van der Waals surface area contributed by atoms with Crippen LogP contribution in [0.3, 0.4) is 0 Å². The summed E-state index contributed by atoms with van der Waals surface area (Å²) in [4.78, 5) is 7.11. The van der Waals surface area contributed by atoms with Gasteiger partial charge in [-0.25, -0.2) is 13.8 Å². The molecule has 32 heavy (non-hydrogen) atoms. The van der Waals surface area contributed by atoms with Gasteiger partial charge in [-0.05, 0) is 38.8 Å². The highest BCUT2D eigenvalue weighted by Crippen LogP contribution is 2.41. The average molecular weight is 441 g/mol. The van der Waals surface area contributed by atoms with E-state index in [0.717, 1.165) is 30.0 Å². The Balaban J connectivity index is 1.58. The van der Waals surface area contributed by atoms with Gasteiger partial charge < -0.3 is 19.7 Å². The number of nitrogens with zero attached hydrogens (tertiary/aromatic N) is 4. The number of anilines is 2. The summed E-state index contributed by atoms with van der Waals surface area (Å²) in [6.07, 6.45) is 2.12. The number of pyridine rings is 1. The zero-order valence-corrected chi connectivity index (χ0v) is 18.2. The Kier molecular flexibility index (Phi) is 5.28. The van der Waals surface area contributed by atoms with E-state index in [2.05, 4.69) is 20.4 Å². The molecule has 0 radical (unpaired) electrons. The number of fused-ring (bicyclic) bond motifs is 3. The molecule has 2 unspecified atom stereocenters. The molecule has 7 nitrogen and oxygen atoms in total. The number of methoxy groups -OCH3 is 1. The standard InChI is InChI=1S/C23H25F2N5O2/c1-12(17-7-4-14(24)8-19(17)25)26-22-18-9-20(30-15-5-6-16(30)11-32-10-15)23(31-3)27-21(18)13(2)28-29-22/h4,7-9,12,15-16H,5-6,10-11H2,1-3H3,(H,26,29)/t12-,15?,16?/m1/s1. The number of aryl methyl sites for hydroxylation is 1. The zero-order chi connectivity index (χ0) is 22.4. The minimum Gasteiger partial charge on any atom is -0.480 e. The number of halogens is 2. The molecule has 0 spiro atoms. The van der Waals surface area contributed by atoms with Crippen LogP contribution in [0.2, 0.25) is 0 Å². The third-order valence-electron chi connectivity index (χ3n) is 6.36. The molecule has 2 saturated heterocycles. The predicted octanol–water partition coefficient (Wildman–Crippen LogP) is 4.16. The number of rotatable bonds is 5. The molecule has 4 heterocycles. The van der Waals surface area contributed by atoms with Crippen LogP contribution in [0.25, 0.3) is 10.9 Å². The van der Waals surface area contributed by atoms with Crippen molar-refractivity contribution in [3.05, 3.63) is 47.2 Å². The maximum absolute atomic E-state index is 14.3. The van der Waals surface area contributed by atoms with E-state index in [1.54, 1.807) is 14.0 Å². The first-order valence-corrected chi connectivity index (χ1v) is 10.8. The summed E-state index contributed by atoms with van der Waals surface area (Å²) >= 11 is 0. The molecule has 3 aromatic rings. The van der Waals surface area contributed by atoms with Crippen LogP contribution in [0, 0.1) is 18.6 Å². The van der Waals surface area contributed by atoms with E-state index in [1.165, 1.54) is 12.1 Å². The van der Waals surface area contributed by atoms with Crippen molar-refractivity contribution in [3.63, 3.8) is 0 Å². The first-order valence-electron chi connectivity index (χ1n) is 10.8. The summed E-state index contributed by atoms with van der Waals surface area (Å²) in [5.74, 6) is -0.199. The van der Waals surface area contributed by atoms with Gasteiger partial charge in [-0.2, -0.15) is 5.10 Å². The van der Waals surface area contributed by atoms with Gasteiger partial charge >= 0.3 is 0 Å². The van der Waals surface area contributed by atoms with E-state index < -0.39 is 17.7 Å². The first kappa shape index (κ1) is 20.8. The molecule has 1 N–H and O–H groups in total. The van der Waals surface area contributed by atoms with Gasteiger partial charge in [0.1, 0.15) is 22.8 Å². The van der Waals surface area contributed by atoms with Crippen molar-refractivity contribution in [3.8, 4) is 5.88 Å². The fourth-order valence-corrected chi connectivity index (χ4v) is 4.77. The maximum atomic E-state index is 14.3. The highest BCUT2D eigenvalue weighted by Gasteiger charge is 2.39. The molecule has 5 rings (SSSR count). The monoisotopic (exact) mass is 441 g/mol. The molecule has 2 aromatic heterocycles. The third-order valence-corrected chi connectivity index (χ3v) is 6.36. The minimum absolute atomic E-state index is 0.279. The number of morpholine rings is 1. The normalized spacial score (nSPS) is 21.1. The minimum atomic E-state index is -0.611. The van der Waals surface area contributed by atoms with E-state index in [0.29, 0.717) is 41.7 Å². The van der Waals surface area contributed by atoms with E-state index in [1.807, 2.05) is 13.0 Å². The summed E-state index contributed by atoms with van der Waals surface area (Å²) in [5.41, 5.74) is 2.57. The van der Waals surface area contributed by atoms with Crippen LogP contribution in [-0.4, -0.2) is 47.6 Å². The number of benzene rings is 1. The molecule has 0 saturated carbocycles. The van der Waals surface area contributed by atoms with E-state index >= 15 is 0 Å². The molecule has 1 aromatic carbocycles. The molecular formula is C23H25F2N5O2. The molecule has 9 heteroatoms. The Hall–Kier alpha value is -3.07. The lowest BCUT2D eigenvalue weighted by atomic mass is 10.1. The van der Waals surface area contributed by atoms with Crippen LogP contribution >= 0.6 is 0 Å². The van der Waals surface area contributed by atoms with Crippen LogP contribution in [-0.2, 0) is 4.74 Å². The van der Waals surface area contributed by atoms with Gasteiger partial charge in [0.15, 0.2) is 5.82 Å². The van der Waals surface area contributed by atoms with Crippen molar-refractivity contribution in [1.29, 1.82) is 0 Å². The van der Waals surface area contributed by atoms with Gasteiger partial charge in [0.2, 0.25) is 5.88 Å². The highest BCUT2D eigenvalue weighted by atomic mass is 19.1. The summed E-state index contributed by atoms with van der Waals surface area (Å²) in [7, 11) is 1.61. The fraction of sp³-hybridized carbons (Fsp3) is 0.435. The van der Waals surface area contributed by atoms with Crippen molar-refractivity contribution in [2.24, 2.45) is 0 Å². The number of ether oxygens (including phenoxy) is 2. The van der Waals surface area contributed by atoms with Crippen molar-refractivity contribution >= 4 is 22.4 Å². The molecule has 2 aliphatic rings. The lowest BCUT2D eigenvalue weighted by Crippen LogP contribution is -2.46. The molecule has 0 aliphatic carbocycles. The van der Waals surface area contributed by atoms with Gasteiger partial charge in [-0.1, -0.05) is 6.07 Å². The van der Waals surface area contributed by atoms with E-state index in [9.17, 15) is 8.78 Å². The van der Waals surface area contributed by atoms with Crippen LogP contribution in [0.4, 0.5) is 20.3 Å². The quantitative estimate of drug-likeness (QED) is 0.637. The largest absolute Gasteiger partial charge is 0.480 e. The molecular weight excluding hydrogens is 416 g/mol. The van der Waals surface area contributed by atoms with Crippen LogP contribution in [0.5, 0.6) is 5.88 Å². The maximum Gasteiger partial charge on any atom is 0.238 e. The van der Waals surface area contributed by atoms with Crippen molar-refractivity contribution in [1.82, 2.24) is 15.2 Å². The van der Waals surface area contributed by atoms with Crippen molar-refractivity contribution < 1.29 is 18.3 Å². The second-order valence-electron chi connectivity index (χ2n) is 8.41. The van der Waals surface area contributed by atoms with Gasteiger partial charge in [0.05, 0.1) is 44.1 Å². The first-order chi connectivity index (χ1) is 15.5. The van der Waals surface area contributed by atoms with Crippen molar-refractivity contribution in [2.75, 3.05) is 30.5 Å². The smallest absolute Gasteiger partial charge is 0.238 e. The lowest BCUT2D eigenvalue weighted by Gasteiger charge is -2.37. The summed E-state index contributed by atoms with van der Waals surface area (Å²) < 4.78 is 39.0. The van der Waals surface area contributed by atoms with E-state index in [-0.39, 0.29) is 12.1 Å². The molecule has 0 amide bonds.